The van der Waals surface area contributed by atoms with E-state index in [9.17, 15) is 4.79 Å². The van der Waals surface area contributed by atoms with E-state index in [2.05, 4.69) is 42.7 Å². The van der Waals surface area contributed by atoms with Gasteiger partial charge in [-0.2, -0.15) is 0 Å². The van der Waals surface area contributed by atoms with Gasteiger partial charge in [0.2, 0.25) is 5.91 Å². The molecule has 0 aliphatic rings. The summed E-state index contributed by atoms with van der Waals surface area (Å²) in [5.41, 5.74) is 3.98. The average molecular weight is 248 g/mol. The normalized spacial score (nSPS) is 10.7. The Kier molecular flexibility index (Phi) is 5.86. The summed E-state index contributed by atoms with van der Waals surface area (Å²) in [5.74, 6) is 0.174. The van der Waals surface area contributed by atoms with Gasteiger partial charge < -0.3 is 10.6 Å². The third-order valence-corrected chi connectivity index (χ3v) is 3.07. The molecular formula is C15H24N2O. The van der Waals surface area contributed by atoms with Crippen molar-refractivity contribution in [2.45, 2.75) is 34.2 Å². The molecule has 1 aromatic carbocycles. The Hall–Kier alpha value is -1.35. The lowest BCUT2D eigenvalue weighted by Crippen LogP contribution is -2.34. The fourth-order valence-corrected chi connectivity index (χ4v) is 1.82. The highest BCUT2D eigenvalue weighted by atomic mass is 16.1. The number of amides is 1. The molecular weight excluding hydrogens is 224 g/mol. The molecule has 1 rings (SSSR count). The predicted molar refractivity (Wildman–Crippen MR) is 75.5 cm³/mol. The number of benzene rings is 1. The lowest BCUT2D eigenvalue weighted by Gasteiger charge is -2.12. The van der Waals surface area contributed by atoms with Crippen LogP contribution < -0.4 is 10.6 Å². The van der Waals surface area contributed by atoms with Gasteiger partial charge in [-0.1, -0.05) is 32.0 Å². The summed E-state index contributed by atoms with van der Waals surface area (Å²) in [7, 11) is 0. The van der Waals surface area contributed by atoms with Crippen LogP contribution in [0.1, 0.15) is 30.5 Å². The van der Waals surface area contributed by atoms with E-state index in [-0.39, 0.29) is 11.8 Å². The summed E-state index contributed by atoms with van der Waals surface area (Å²) in [6.07, 6.45) is 0. The average Bonchev–Trinajstić information content (AvgIpc) is 2.31. The lowest BCUT2D eigenvalue weighted by molar-refractivity contribution is -0.123. The largest absolute Gasteiger partial charge is 0.355 e. The van der Waals surface area contributed by atoms with E-state index in [0.29, 0.717) is 6.54 Å². The Labute approximate surface area is 110 Å². The van der Waals surface area contributed by atoms with Crippen molar-refractivity contribution >= 4 is 5.91 Å². The summed E-state index contributed by atoms with van der Waals surface area (Å²) >= 11 is 0. The van der Waals surface area contributed by atoms with E-state index in [4.69, 9.17) is 0 Å². The summed E-state index contributed by atoms with van der Waals surface area (Å²) in [6.45, 7) is 10.4. The van der Waals surface area contributed by atoms with E-state index in [1.165, 1.54) is 16.7 Å². The number of hydrogen-bond donors (Lipinski definition) is 2. The van der Waals surface area contributed by atoms with Crippen LogP contribution in [0, 0.1) is 19.8 Å². The maximum absolute atomic E-state index is 11.3. The maximum Gasteiger partial charge on any atom is 0.222 e. The number of aryl methyl sites for hydroxylation is 2. The van der Waals surface area contributed by atoms with Gasteiger partial charge in [0.05, 0.1) is 0 Å². The van der Waals surface area contributed by atoms with E-state index in [1.807, 2.05) is 13.8 Å². The van der Waals surface area contributed by atoms with Crippen molar-refractivity contribution in [2.24, 2.45) is 5.92 Å². The zero-order valence-corrected chi connectivity index (χ0v) is 11.8. The van der Waals surface area contributed by atoms with E-state index in [0.717, 1.165) is 13.1 Å². The molecule has 0 radical (unpaired) electrons. The zero-order valence-electron chi connectivity index (χ0n) is 11.8. The van der Waals surface area contributed by atoms with Gasteiger partial charge in [-0.25, -0.2) is 0 Å². The Morgan fingerprint density at radius 3 is 2.33 bits per heavy atom. The molecule has 2 N–H and O–H groups in total. The van der Waals surface area contributed by atoms with Crippen LogP contribution in [0.15, 0.2) is 18.2 Å². The van der Waals surface area contributed by atoms with Crippen LogP contribution >= 0.6 is 0 Å². The number of carbonyl (C=O) groups is 1. The molecule has 100 valence electrons. The molecule has 1 amide bonds. The SMILES string of the molecule is Cc1cccc(C)c1CNCCNC(=O)C(C)C. The summed E-state index contributed by atoms with van der Waals surface area (Å²) in [4.78, 5) is 11.3. The quantitative estimate of drug-likeness (QED) is 0.758. The van der Waals surface area contributed by atoms with Gasteiger partial charge in [0.1, 0.15) is 0 Å². The number of rotatable bonds is 6. The van der Waals surface area contributed by atoms with Crippen LogP contribution in [0.25, 0.3) is 0 Å². The van der Waals surface area contributed by atoms with Gasteiger partial charge in [-0.3, -0.25) is 4.79 Å². The fourth-order valence-electron chi connectivity index (χ4n) is 1.82. The van der Waals surface area contributed by atoms with Crippen LogP contribution in [0.4, 0.5) is 0 Å². The summed E-state index contributed by atoms with van der Waals surface area (Å²) in [6, 6.07) is 6.34. The number of carbonyl (C=O) groups excluding carboxylic acids is 1. The highest BCUT2D eigenvalue weighted by Crippen LogP contribution is 2.12. The van der Waals surface area contributed by atoms with Gasteiger partial charge in [-0.15, -0.1) is 0 Å². The summed E-state index contributed by atoms with van der Waals surface area (Å²) in [5, 5.41) is 6.26. The molecule has 0 atom stereocenters. The van der Waals surface area contributed by atoms with Gasteiger partial charge in [-0.05, 0) is 30.5 Å². The predicted octanol–water partition coefficient (Wildman–Crippen LogP) is 2.17. The standard InChI is InChI=1S/C15H24N2O/c1-11(2)15(18)17-9-8-16-10-14-12(3)6-5-7-13(14)4/h5-7,11,16H,8-10H2,1-4H3,(H,17,18). The molecule has 0 aliphatic heterocycles. The molecule has 0 heterocycles. The smallest absolute Gasteiger partial charge is 0.222 e. The minimum absolute atomic E-state index is 0.0589. The van der Waals surface area contributed by atoms with Crippen molar-refractivity contribution in [3.8, 4) is 0 Å². The molecule has 0 saturated carbocycles. The number of hydrogen-bond acceptors (Lipinski definition) is 2. The molecule has 0 spiro atoms. The molecule has 0 aromatic heterocycles. The highest BCUT2D eigenvalue weighted by molar-refractivity contribution is 5.77. The molecule has 3 nitrogen and oxygen atoms in total. The molecule has 18 heavy (non-hydrogen) atoms. The van der Waals surface area contributed by atoms with Crippen molar-refractivity contribution in [3.63, 3.8) is 0 Å². The van der Waals surface area contributed by atoms with Crippen molar-refractivity contribution in [2.75, 3.05) is 13.1 Å². The Morgan fingerprint density at radius 1 is 1.17 bits per heavy atom. The third kappa shape index (κ3) is 4.49. The van der Waals surface area contributed by atoms with Gasteiger partial charge >= 0.3 is 0 Å². The van der Waals surface area contributed by atoms with E-state index >= 15 is 0 Å². The van der Waals surface area contributed by atoms with Gasteiger partial charge in [0.15, 0.2) is 0 Å². The second kappa shape index (κ2) is 7.17. The molecule has 0 aliphatic carbocycles. The monoisotopic (exact) mass is 248 g/mol. The Balaban J connectivity index is 2.28. The van der Waals surface area contributed by atoms with E-state index in [1.54, 1.807) is 0 Å². The highest BCUT2D eigenvalue weighted by Gasteiger charge is 2.05. The first kappa shape index (κ1) is 14.7. The topological polar surface area (TPSA) is 41.1 Å². The first-order valence-electron chi connectivity index (χ1n) is 6.56. The first-order chi connectivity index (χ1) is 8.52. The van der Waals surface area contributed by atoms with Crippen LogP contribution in [0.5, 0.6) is 0 Å². The maximum atomic E-state index is 11.3. The van der Waals surface area contributed by atoms with Crippen molar-refractivity contribution in [3.05, 3.63) is 34.9 Å². The Morgan fingerprint density at radius 2 is 1.78 bits per heavy atom. The second-order valence-electron chi connectivity index (χ2n) is 4.99. The minimum Gasteiger partial charge on any atom is -0.355 e. The molecule has 0 fully saturated rings. The fraction of sp³-hybridized carbons (Fsp3) is 0.533. The molecule has 0 saturated heterocycles. The zero-order chi connectivity index (χ0) is 13.5. The number of nitrogens with one attached hydrogen (secondary N) is 2. The molecule has 1 aromatic rings. The molecule has 0 unspecified atom stereocenters. The van der Waals surface area contributed by atoms with Crippen molar-refractivity contribution in [1.29, 1.82) is 0 Å². The van der Waals surface area contributed by atoms with Gasteiger partial charge in [0, 0.05) is 25.6 Å². The van der Waals surface area contributed by atoms with E-state index < -0.39 is 0 Å². The van der Waals surface area contributed by atoms with Crippen LogP contribution in [-0.2, 0) is 11.3 Å². The van der Waals surface area contributed by atoms with Gasteiger partial charge in [0.25, 0.3) is 0 Å². The first-order valence-corrected chi connectivity index (χ1v) is 6.56. The lowest BCUT2D eigenvalue weighted by atomic mass is 10.0. The Bertz CT molecular complexity index is 379. The van der Waals surface area contributed by atoms with Crippen molar-refractivity contribution < 1.29 is 4.79 Å². The summed E-state index contributed by atoms with van der Waals surface area (Å²) < 4.78 is 0. The van der Waals surface area contributed by atoms with Crippen LogP contribution in [0.3, 0.4) is 0 Å². The second-order valence-corrected chi connectivity index (χ2v) is 4.99. The molecule has 0 bridgehead atoms. The van der Waals surface area contributed by atoms with Crippen LogP contribution in [-0.4, -0.2) is 19.0 Å². The third-order valence-electron chi connectivity index (χ3n) is 3.07. The molecule has 3 heteroatoms. The van der Waals surface area contributed by atoms with Crippen molar-refractivity contribution in [1.82, 2.24) is 10.6 Å². The van der Waals surface area contributed by atoms with Crippen LogP contribution in [0.2, 0.25) is 0 Å². The minimum atomic E-state index is 0.0589.